The predicted molar refractivity (Wildman–Crippen MR) is 81.4 cm³/mol. The maximum absolute atomic E-state index is 6.24. The van der Waals surface area contributed by atoms with Crippen LogP contribution < -0.4 is 11.1 Å². The number of nitrogens with two attached hydrogens (primary N) is 1. The van der Waals surface area contributed by atoms with Gasteiger partial charge in [0.25, 0.3) is 0 Å². The lowest BCUT2D eigenvalue weighted by molar-refractivity contribution is 0.704. The van der Waals surface area contributed by atoms with Gasteiger partial charge in [-0.05, 0) is 30.7 Å². The Morgan fingerprint density at radius 3 is 2.90 bits per heavy atom. The molecule has 0 amide bonds. The fourth-order valence-electron chi connectivity index (χ4n) is 2.32. The van der Waals surface area contributed by atoms with Gasteiger partial charge in [-0.1, -0.05) is 6.92 Å². The molecule has 0 saturated heterocycles. The Kier molecular flexibility index (Phi) is 3.25. The second-order valence-corrected chi connectivity index (χ2v) is 4.68. The Hall–Kier alpha value is -2.56. The van der Waals surface area contributed by atoms with E-state index in [1.54, 1.807) is 12.4 Å². The highest BCUT2D eigenvalue weighted by Gasteiger charge is 2.13. The molecule has 5 nitrogen and oxygen atoms in total. The highest BCUT2D eigenvalue weighted by molar-refractivity contribution is 5.96. The van der Waals surface area contributed by atoms with Crippen molar-refractivity contribution in [1.82, 2.24) is 15.0 Å². The number of imidazole rings is 1. The molecule has 0 bridgehead atoms. The fraction of sp³-hybridized carbons (Fsp3) is 0.200. The zero-order valence-electron chi connectivity index (χ0n) is 11.3. The van der Waals surface area contributed by atoms with E-state index in [4.69, 9.17) is 5.73 Å². The van der Waals surface area contributed by atoms with Crippen LogP contribution in [0.15, 0.2) is 42.9 Å². The molecule has 1 aromatic carbocycles. The number of hydrogen-bond donors (Lipinski definition) is 3. The van der Waals surface area contributed by atoms with Gasteiger partial charge in [-0.25, -0.2) is 4.98 Å². The highest BCUT2D eigenvalue weighted by atomic mass is 15.0. The van der Waals surface area contributed by atoms with Crippen molar-refractivity contribution in [1.29, 1.82) is 0 Å². The number of nitrogens with zero attached hydrogens (tertiary/aromatic N) is 2. The molecule has 1 atom stereocenters. The lowest BCUT2D eigenvalue weighted by Crippen LogP contribution is -2.12. The van der Waals surface area contributed by atoms with Crippen molar-refractivity contribution in [2.24, 2.45) is 0 Å². The molecule has 3 rings (SSSR count). The van der Waals surface area contributed by atoms with Crippen molar-refractivity contribution < 1.29 is 0 Å². The molecule has 0 saturated carbocycles. The van der Waals surface area contributed by atoms with Gasteiger partial charge in [-0.15, -0.1) is 0 Å². The molecule has 4 N–H and O–H groups in total. The van der Waals surface area contributed by atoms with Gasteiger partial charge in [0, 0.05) is 24.0 Å². The summed E-state index contributed by atoms with van der Waals surface area (Å²) in [5.41, 5.74) is 8.78. The van der Waals surface area contributed by atoms with Crippen LogP contribution in [0.4, 0.5) is 11.4 Å². The van der Waals surface area contributed by atoms with E-state index in [0.717, 1.165) is 34.5 Å². The Bertz CT molecular complexity index is 705. The van der Waals surface area contributed by atoms with Crippen LogP contribution in [0.5, 0.6) is 0 Å². The Morgan fingerprint density at radius 1 is 1.25 bits per heavy atom. The number of H-pyrrole nitrogens is 1. The monoisotopic (exact) mass is 267 g/mol. The third-order valence-corrected chi connectivity index (χ3v) is 3.41. The molecule has 3 aromatic rings. The maximum Gasteiger partial charge on any atom is 0.128 e. The van der Waals surface area contributed by atoms with Crippen molar-refractivity contribution in [2.45, 2.75) is 19.4 Å². The van der Waals surface area contributed by atoms with Gasteiger partial charge in [0.2, 0.25) is 0 Å². The number of nitrogens with one attached hydrogen (secondary N) is 2. The number of pyridine rings is 1. The quantitative estimate of drug-likeness (QED) is 0.634. The van der Waals surface area contributed by atoms with Crippen LogP contribution in [-0.4, -0.2) is 15.0 Å². The molecule has 2 heterocycles. The molecule has 1 unspecified atom stereocenters. The van der Waals surface area contributed by atoms with Crippen molar-refractivity contribution >= 4 is 22.3 Å². The molecule has 102 valence electrons. The summed E-state index contributed by atoms with van der Waals surface area (Å²) < 4.78 is 0. The minimum absolute atomic E-state index is 0.112. The molecular formula is C15H17N5. The lowest BCUT2D eigenvalue weighted by Gasteiger charge is -2.18. The summed E-state index contributed by atoms with van der Waals surface area (Å²) in [4.78, 5) is 11.7. The average Bonchev–Trinajstić information content (AvgIpc) is 3.01. The van der Waals surface area contributed by atoms with E-state index >= 15 is 0 Å². The van der Waals surface area contributed by atoms with Gasteiger partial charge in [-0.3, -0.25) is 4.98 Å². The highest BCUT2D eigenvalue weighted by Crippen LogP contribution is 2.30. The maximum atomic E-state index is 6.24. The first-order valence-electron chi connectivity index (χ1n) is 6.68. The van der Waals surface area contributed by atoms with Gasteiger partial charge < -0.3 is 16.0 Å². The predicted octanol–water partition coefficient (Wildman–Crippen LogP) is 3.10. The Labute approximate surface area is 117 Å². The Balaban J connectivity index is 1.96. The van der Waals surface area contributed by atoms with Crippen LogP contribution in [0.25, 0.3) is 10.9 Å². The summed E-state index contributed by atoms with van der Waals surface area (Å²) in [7, 11) is 0. The first kappa shape index (κ1) is 12.5. The summed E-state index contributed by atoms with van der Waals surface area (Å²) in [6, 6.07) is 7.93. The minimum Gasteiger partial charge on any atom is -0.397 e. The summed E-state index contributed by atoms with van der Waals surface area (Å²) in [6.45, 7) is 2.11. The van der Waals surface area contributed by atoms with Crippen molar-refractivity contribution in [3.8, 4) is 0 Å². The van der Waals surface area contributed by atoms with Gasteiger partial charge >= 0.3 is 0 Å². The minimum atomic E-state index is 0.112. The van der Waals surface area contributed by atoms with E-state index in [1.165, 1.54) is 0 Å². The SMILES string of the molecule is CCC(Nc1ccc2ncccc2c1N)c1ncc[nH]1. The molecule has 0 fully saturated rings. The first-order valence-corrected chi connectivity index (χ1v) is 6.68. The standard InChI is InChI=1S/C15H17N5/c1-2-11(15-18-8-9-19-15)20-13-6-5-12-10(14(13)16)4-3-7-17-12/h3-9,11,20H,2,16H2,1H3,(H,18,19). The zero-order valence-corrected chi connectivity index (χ0v) is 11.3. The lowest BCUT2D eigenvalue weighted by atomic mass is 10.1. The van der Waals surface area contributed by atoms with E-state index in [1.807, 2.05) is 30.5 Å². The summed E-state index contributed by atoms with van der Waals surface area (Å²) >= 11 is 0. The topological polar surface area (TPSA) is 79.6 Å². The largest absolute Gasteiger partial charge is 0.397 e. The summed E-state index contributed by atoms with van der Waals surface area (Å²) in [6.07, 6.45) is 6.27. The smallest absolute Gasteiger partial charge is 0.128 e. The molecular weight excluding hydrogens is 250 g/mol. The van der Waals surface area contributed by atoms with Crippen LogP contribution in [0, 0.1) is 0 Å². The molecule has 0 aliphatic rings. The van der Waals surface area contributed by atoms with E-state index in [2.05, 4.69) is 27.2 Å². The Morgan fingerprint density at radius 2 is 2.15 bits per heavy atom. The van der Waals surface area contributed by atoms with Crippen LogP contribution >= 0.6 is 0 Å². The number of benzene rings is 1. The zero-order chi connectivity index (χ0) is 13.9. The van der Waals surface area contributed by atoms with Crippen molar-refractivity contribution in [3.05, 3.63) is 48.7 Å². The molecule has 0 aliphatic carbocycles. The number of rotatable bonds is 4. The number of anilines is 2. The van der Waals surface area contributed by atoms with E-state index in [-0.39, 0.29) is 6.04 Å². The summed E-state index contributed by atoms with van der Waals surface area (Å²) in [5, 5.41) is 4.41. The van der Waals surface area contributed by atoms with E-state index in [9.17, 15) is 0 Å². The molecule has 20 heavy (non-hydrogen) atoms. The number of aromatic nitrogens is 3. The molecule has 2 aromatic heterocycles. The van der Waals surface area contributed by atoms with Crippen LogP contribution in [-0.2, 0) is 0 Å². The molecule has 0 spiro atoms. The second kappa shape index (κ2) is 5.21. The molecule has 0 radical (unpaired) electrons. The van der Waals surface area contributed by atoms with Crippen LogP contribution in [0.3, 0.4) is 0 Å². The molecule has 5 heteroatoms. The number of nitrogen functional groups attached to an aromatic ring is 1. The third-order valence-electron chi connectivity index (χ3n) is 3.41. The van der Waals surface area contributed by atoms with Gasteiger partial charge in [0.15, 0.2) is 0 Å². The van der Waals surface area contributed by atoms with Gasteiger partial charge in [0.1, 0.15) is 5.82 Å². The third kappa shape index (κ3) is 2.18. The number of aromatic amines is 1. The van der Waals surface area contributed by atoms with E-state index in [0.29, 0.717) is 0 Å². The first-order chi connectivity index (χ1) is 9.79. The van der Waals surface area contributed by atoms with Gasteiger partial charge in [-0.2, -0.15) is 0 Å². The van der Waals surface area contributed by atoms with E-state index < -0.39 is 0 Å². The number of fused-ring (bicyclic) bond motifs is 1. The average molecular weight is 267 g/mol. The molecule has 0 aliphatic heterocycles. The van der Waals surface area contributed by atoms with Crippen molar-refractivity contribution in [3.63, 3.8) is 0 Å². The van der Waals surface area contributed by atoms with Crippen molar-refractivity contribution in [2.75, 3.05) is 11.1 Å². The van der Waals surface area contributed by atoms with Gasteiger partial charge in [0.05, 0.1) is 22.9 Å². The fourth-order valence-corrected chi connectivity index (χ4v) is 2.32. The van der Waals surface area contributed by atoms with Crippen LogP contribution in [0.2, 0.25) is 0 Å². The number of hydrogen-bond acceptors (Lipinski definition) is 4. The summed E-state index contributed by atoms with van der Waals surface area (Å²) in [5.74, 6) is 0.915. The van der Waals surface area contributed by atoms with Crippen LogP contribution in [0.1, 0.15) is 25.2 Å². The normalized spacial score (nSPS) is 12.4. The second-order valence-electron chi connectivity index (χ2n) is 4.68.